The lowest BCUT2D eigenvalue weighted by molar-refractivity contribution is 0.415. The Labute approximate surface area is 95.1 Å². The zero-order chi connectivity index (χ0) is 11.0. The highest BCUT2D eigenvalue weighted by Gasteiger charge is 2.20. The highest BCUT2D eigenvalue weighted by atomic mass is 16.5. The topological polar surface area (TPSA) is 24.8 Å². The Kier molecular flexibility index (Phi) is 2.17. The first kappa shape index (κ1) is 9.46. The van der Waals surface area contributed by atoms with Gasteiger partial charge in [0.15, 0.2) is 0 Å². The van der Waals surface area contributed by atoms with E-state index in [4.69, 9.17) is 4.74 Å². The average molecular weight is 214 g/mol. The molecular weight excluding hydrogens is 200 g/mol. The molecule has 2 aliphatic rings. The van der Waals surface area contributed by atoms with E-state index in [0.717, 1.165) is 31.1 Å². The van der Waals surface area contributed by atoms with Gasteiger partial charge in [0.2, 0.25) is 0 Å². The van der Waals surface area contributed by atoms with Crippen LogP contribution in [0.25, 0.3) is 6.08 Å². The minimum atomic E-state index is 0.902. The Hall–Kier alpha value is -1.77. The normalized spacial score (nSPS) is 17.6. The van der Waals surface area contributed by atoms with E-state index in [1.807, 2.05) is 6.07 Å². The fraction of sp³-hybridized carbons (Fsp3) is 0.308. The molecule has 82 valence electrons. The fourth-order valence-electron chi connectivity index (χ4n) is 2.20. The maximum Gasteiger partial charge on any atom is 0.127 e. The van der Waals surface area contributed by atoms with Crippen LogP contribution in [0.2, 0.25) is 0 Å². The molecule has 0 saturated heterocycles. The predicted octanol–water partition coefficient (Wildman–Crippen LogP) is 2.33. The van der Waals surface area contributed by atoms with Gasteiger partial charge in [0, 0.05) is 19.2 Å². The summed E-state index contributed by atoms with van der Waals surface area (Å²) in [5.41, 5.74) is 2.45. The lowest BCUT2D eigenvalue weighted by atomic mass is 10.1. The third-order valence-electron chi connectivity index (χ3n) is 3.03. The number of benzene rings is 1. The first-order chi connectivity index (χ1) is 7.88. The SMILES string of the molecule is COc1ccc2c(c1)N1CCCN=C1C=C2. The number of anilines is 1. The van der Waals surface area contributed by atoms with E-state index < -0.39 is 0 Å². The van der Waals surface area contributed by atoms with Gasteiger partial charge < -0.3 is 9.64 Å². The van der Waals surface area contributed by atoms with Crippen LogP contribution < -0.4 is 9.64 Å². The van der Waals surface area contributed by atoms with Gasteiger partial charge in [0.05, 0.1) is 12.8 Å². The molecule has 3 rings (SSSR count). The van der Waals surface area contributed by atoms with Crippen LogP contribution in [0.3, 0.4) is 0 Å². The number of amidine groups is 1. The maximum atomic E-state index is 5.27. The number of hydrogen-bond acceptors (Lipinski definition) is 3. The predicted molar refractivity (Wildman–Crippen MR) is 66.3 cm³/mol. The Morgan fingerprint density at radius 1 is 1.31 bits per heavy atom. The Morgan fingerprint density at radius 3 is 3.12 bits per heavy atom. The monoisotopic (exact) mass is 214 g/mol. The van der Waals surface area contributed by atoms with Gasteiger partial charge in [0.1, 0.15) is 11.6 Å². The van der Waals surface area contributed by atoms with E-state index in [-0.39, 0.29) is 0 Å². The van der Waals surface area contributed by atoms with Crippen molar-refractivity contribution >= 4 is 17.6 Å². The lowest BCUT2D eigenvalue weighted by Crippen LogP contribution is -2.36. The summed E-state index contributed by atoms with van der Waals surface area (Å²) in [4.78, 5) is 6.79. The van der Waals surface area contributed by atoms with Crippen molar-refractivity contribution < 1.29 is 4.74 Å². The van der Waals surface area contributed by atoms with Crippen LogP contribution in [0, 0.1) is 0 Å². The molecule has 0 aromatic heterocycles. The third kappa shape index (κ3) is 1.40. The van der Waals surface area contributed by atoms with Crippen molar-refractivity contribution in [2.75, 3.05) is 25.1 Å². The summed E-state index contributed by atoms with van der Waals surface area (Å²) in [5, 5.41) is 0. The zero-order valence-corrected chi connectivity index (χ0v) is 9.31. The van der Waals surface area contributed by atoms with Crippen LogP contribution in [0.4, 0.5) is 5.69 Å². The second-order valence-corrected chi connectivity index (χ2v) is 4.00. The van der Waals surface area contributed by atoms with E-state index in [1.165, 1.54) is 11.3 Å². The molecule has 1 aromatic rings. The molecule has 0 fully saturated rings. The van der Waals surface area contributed by atoms with Crippen LogP contribution in [0.15, 0.2) is 29.3 Å². The van der Waals surface area contributed by atoms with Crippen molar-refractivity contribution in [2.45, 2.75) is 6.42 Å². The molecule has 0 spiro atoms. The summed E-state index contributed by atoms with van der Waals surface area (Å²) in [6.07, 6.45) is 5.33. The first-order valence-corrected chi connectivity index (χ1v) is 5.56. The second-order valence-electron chi connectivity index (χ2n) is 4.00. The number of nitrogens with zero attached hydrogens (tertiary/aromatic N) is 2. The largest absolute Gasteiger partial charge is 0.497 e. The van der Waals surface area contributed by atoms with Gasteiger partial charge >= 0.3 is 0 Å². The maximum absolute atomic E-state index is 5.27. The van der Waals surface area contributed by atoms with Crippen LogP contribution in [-0.2, 0) is 0 Å². The molecule has 0 radical (unpaired) electrons. The number of methoxy groups -OCH3 is 1. The molecule has 1 aromatic carbocycles. The molecule has 3 heteroatoms. The number of rotatable bonds is 1. The molecule has 3 nitrogen and oxygen atoms in total. The van der Waals surface area contributed by atoms with Gasteiger partial charge in [-0.2, -0.15) is 0 Å². The van der Waals surface area contributed by atoms with Crippen molar-refractivity contribution in [2.24, 2.45) is 4.99 Å². The Morgan fingerprint density at radius 2 is 2.25 bits per heavy atom. The summed E-state index contributed by atoms with van der Waals surface area (Å²) >= 11 is 0. The molecular formula is C13H14N2O. The Balaban J connectivity index is 2.11. The van der Waals surface area contributed by atoms with Gasteiger partial charge in [0.25, 0.3) is 0 Å². The number of ether oxygens (including phenoxy) is 1. The summed E-state index contributed by atoms with van der Waals surface area (Å²) in [7, 11) is 1.70. The van der Waals surface area contributed by atoms with E-state index in [0.29, 0.717) is 0 Å². The zero-order valence-electron chi connectivity index (χ0n) is 9.31. The molecule has 0 aliphatic carbocycles. The van der Waals surface area contributed by atoms with Crippen molar-refractivity contribution in [3.63, 3.8) is 0 Å². The molecule has 0 unspecified atom stereocenters. The molecule has 16 heavy (non-hydrogen) atoms. The Bertz CT molecular complexity index is 477. The van der Waals surface area contributed by atoms with Crippen molar-refractivity contribution in [3.05, 3.63) is 29.8 Å². The van der Waals surface area contributed by atoms with Crippen molar-refractivity contribution in [3.8, 4) is 5.75 Å². The minimum Gasteiger partial charge on any atom is -0.497 e. The summed E-state index contributed by atoms with van der Waals surface area (Å²) in [6, 6.07) is 6.17. The van der Waals surface area contributed by atoms with Gasteiger partial charge in [-0.25, -0.2) is 0 Å². The van der Waals surface area contributed by atoms with Crippen LogP contribution in [0.5, 0.6) is 5.75 Å². The highest BCUT2D eigenvalue weighted by molar-refractivity contribution is 6.12. The van der Waals surface area contributed by atoms with E-state index in [9.17, 15) is 0 Å². The smallest absolute Gasteiger partial charge is 0.127 e. The fourth-order valence-corrected chi connectivity index (χ4v) is 2.20. The molecule has 2 heterocycles. The summed E-state index contributed by atoms with van der Waals surface area (Å²) < 4.78 is 5.27. The lowest BCUT2D eigenvalue weighted by Gasteiger charge is -2.32. The quantitative estimate of drug-likeness (QED) is 0.716. The number of hydrogen-bond donors (Lipinski definition) is 0. The average Bonchev–Trinajstić information content (AvgIpc) is 2.38. The standard InChI is InChI=1S/C13H14N2O/c1-16-11-5-3-10-4-6-13-14-7-2-8-15(13)12(10)9-11/h3-6,9H,2,7-8H2,1H3. The number of fused-ring (bicyclic) bond motifs is 3. The van der Waals surface area contributed by atoms with Gasteiger partial charge in [-0.05, 0) is 36.3 Å². The van der Waals surface area contributed by atoms with Crippen LogP contribution in [-0.4, -0.2) is 26.0 Å². The molecule has 0 atom stereocenters. The second kappa shape index (κ2) is 3.67. The van der Waals surface area contributed by atoms with E-state index in [1.54, 1.807) is 7.11 Å². The third-order valence-corrected chi connectivity index (χ3v) is 3.03. The van der Waals surface area contributed by atoms with Gasteiger partial charge in [-0.3, -0.25) is 4.99 Å². The molecule has 0 amide bonds. The van der Waals surface area contributed by atoms with E-state index in [2.05, 4.69) is 34.2 Å². The highest BCUT2D eigenvalue weighted by Crippen LogP contribution is 2.31. The van der Waals surface area contributed by atoms with Crippen LogP contribution >= 0.6 is 0 Å². The summed E-state index contributed by atoms with van der Waals surface area (Å²) in [6.45, 7) is 1.98. The minimum absolute atomic E-state index is 0.902. The van der Waals surface area contributed by atoms with Crippen molar-refractivity contribution in [1.82, 2.24) is 0 Å². The van der Waals surface area contributed by atoms with Crippen LogP contribution in [0.1, 0.15) is 12.0 Å². The first-order valence-electron chi connectivity index (χ1n) is 5.56. The van der Waals surface area contributed by atoms with E-state index >= 15 is 0 Å². The summed E-state index contributed by atoms with van der Waals surface area (Å²) in [5.74, 6) is 1.98. The van der Waals surface area contributed by atoms with Gasteiger partial charge in [-0.1, -0.05) is 0 Å². The van der Waals surface area contributed by atoms with Gasteiger partial charge in [-0.15, -0.1) is 0 Å². The molecule has 0 N–H and O–H groups in total. The number of aliphatic imine (C=N–C) groups is 1. The molecule has 0 bridgehead atoms. The molecule has 0 saturated carbocycles. The van der Waals surface area contributed by atoms with Crippen molar-refractivity contribution in [1.29, 1.82) is 0 Å². The molecule has 2 aliphatic heterocycles.